The molecular weight excluding hydrogens is 170 g/mol. The number of amides is 1. The summed E-state index contributed by atoms with van der Waals surface area (Å²) in [7, 11) is 0. The minimum atomic E-state index is -0.437. The van der Waals surface area contributed by atoms with Crippen LogP contribution in [0.4, 0.5) is 4.79 Å². The molecule has 0 bridgehead atoms. The van der Waals surface area contributed by atoms with Crippen molar-refractivity contribution in [2.45, 2.75) is 45.8 Å². The molecule has 78 valence electrons. The molecule has 4 heteroatoms. The van der Waals surface area contributed by atoms with Crippen LogP contribution in [0.1, 0.15) is 34.1 Å². The van der Waals surface area contributed by atoms with Gasteiger partial charge in [0, 0.05) is 12.1 Å². The highest BCUT2D eigenvalue weighted by Crippen LogP contribution is 2.07. The van der Waals surface area contributed by atoms with E-state index in [1.54, 1.807) is 13.8 Å². The molecule has 0 fully saturated rings. The monoisotopic (exact) mass is 189 g/mol. The Morgan fingerprint density at radius 3 is 2.46 bits per heavy atom. The van der Waals surface area contributed by atoms with E-state index in [2.05, 4.69) is 5.32 Å². The second-order valence-electron chi connectivity index (χ2n) is 3.94. The van der Waals surface area contributed by atoms with Gasteiger partial charge in [0.15, 0.2) is 0 Å². The van der Waals surface area contributed by atoms with Crippen LogP contribution in [0.3, 0.4) is 0 Å². The standard InChI is InChI=1S/C9H19NO3/c1-7(2)13-8(12)10-9(3,4)5-6-11/h7,11H,5-6H2,1-4H3,(H,10,12). The fourth-order valence-electron chi connectivity index (χ4n) is 0.862. The highest BCUT2D eigenvalue weighted by Gasteiger charge is 2.20. The van der Waals surface area contributed by atoms with Crippen LogP contribution in [0.25, 0.3) is 0 Å². The van der Waals surface area contributed by atoms with E-state index in [0.717, 1.165) is 0 Å². The molecular formula is C9H19NO3. The Bertz CT molecular complexity index is 166. The van der Waals surface area contributed by atoms with Crippen molar-refractivity contribution in [3.05, 3.63) is 0 Å². The van der Waals surface area contributed by atoms with Crippen LogP contribution >= 0.6 is 0 Å². The quantitative estimate of drug-likeness (QED) is 0.700. The summed E-state index contributed by atoms with van der Waals surface area (Å²) in [5.41, 5.74) is -0.416. The van der Waals surface area contributed by atoms with Crippen molar-refractivity contribution >= 4 is 6.09 Å². The fraction of sp³-hybridized carbons (Fsp3) is 0.889. The van der Waals surface area contributed by atoms with E-state index >= 15 is 0 Å². The molecule has 4 nitrogen and oxygen atoms in total. The Morgan fingerprint density at radius 1 is 1.54 bits per heavy atom. The zero-order chi connectivity index (χ0) is 10.5. The molecule has 0 radical (unpaired) electrons. The largest absolute Gasteiger partial charge is 0.447 e. The normalized spacial score (nSPS) is 11.5. The van der Waals surface area contributed by atoms with Crippen LogP contribution in [0, 0.1) is 0 Å². The number of carbonyl (C=O) groups is 1. The summed E-state index contributed by atoms with van der Waals surface area (Å²) in [4.78, 5) is 11.1. The number of aliphatic hydroxyl groups excluding tert-OH is 1. The van der Waals surface area contributed by atoms with Gasteiger partial charge >= 0.3 is 6.09 Å². The summed E-state index contributed by atoms with van der Waals surface area (Å²) in [6.45, 7) is 7.31. The smallest absolute Gasteiger partial charge is 0.407 e. The third kappa shape index (κ3) is 6.40. The van der Waals surface area contributed by atoms with E-state index < -0.39 is 11.6 Å². The Hall–Kier alpha value is -0.770. The summed E-state index contributed by atoms with van der Waals surface area (Å²) < 4.78 is 4.90. The average molecular weight is 189 g/mol. The van der Waals surface area contributed by atoms with E-state index in [9.17, 15) is 4.79 Å². The third-order valence-electron chi connectivity index (χ3n) is 1.52. The summed E-state index contributed by atoms with van der Waals surface area (Å²) >= 11 is 0. The molecule has 1 amide bonds. The third-order valence-corrected chi connectivity index (χ3v) is 1.52. The molecule has 0 aliphatic rings. The average Bonchev–Trinajstić information content (AvgIpc) is 1.81. The lowest BCUT2D eigenvalue weighted by Crippen LogP contribution is -2.44. The number of hydrogen-bond donors (Lipinski definition) is 2. The van der Waals surface area contributed by atoms with Crippen LogP contribution in [-0.2, 0) is 4.74 Å². The molecule has 0 saturated carbocycles. The molecule has 0 rings (SSSR count). The molecule has 0 aliphatic heterocycles. The Morgan fingerprint density at radius 2 is 2.08 bits per heavy atom. The predicted octanol–water partition coefficient (Wildman–Crippen LogP) is 1.28. The lowest BCUT2D eigenvalue weighted by Gasteiger charge is -2.25. The van der Waals surface area contributed by atoms with E-state index in [1.165, 1.54) is 0 Å². The van der Waals surface area contributed by atoms with Crippen molar-refractivity contribution in [3.8, 4) is 0 Å². The zero-order valence-electron chi connectivity index (χ0n) is 8.76. The predicted molar refractivity (Wildman–Crippen MR) is 50.5 cm³/mol. The van der Waals surface area contributed by atoms with Gasteiger partial charge in [0.25, 0.3) is 0 Å². The minimum absolute atomic E-state index is 0.0506. The highest BCUT2D eigenvalue weighted by molar-refractivity contribution is 5.68. The Kier molecular flexibility index (Phi) is 4.77. The molecule has 0 aromatic carbocycles. The maximum Gasteiger partial charge on any atom is 0.407 e. The molecule has 0 aliphatic carbocycles. The number of rotatable bonds is 4. The van der Waals surface area contributed by atoms with Gasteiger partial charge in [0.05, 0.1) is 6.10 Å². The first-order chi connectivity index (χ1) is 5.87. The topological polar surface area (TPSA) is 58.6 Å². The molecule has 0 spiro atoms. The molecule has 0 saturated heterocycles. The van der Waals surface area contributed by atoms with Crippen LogP contribution in [0.2, 0.25) is 0 Å². The van der Waals surface area contributed by atoms with E-state index in [0.29, 0.717) is 6.42 Å². The van der Waals surface area contributed by atoms with Gasteiger partial charge < -0.3 is 15.2 Å². The number of nitrogens with one attached hydrogen (secondary N) is 1. The van der Waals surface area contributed by atoms with Crippen LogP contribution < -0.4 is 5.32 Å². The molecule has 0 unspecified atom stereocenters. The summed E-state index contributed by atoms with van der Waals surface area (Å²) in [5.74, 6) is 0. The number of alkyl carbamates (subject to hydrolysis) is 1. The second-order valence-corrected chi connectivity index (χ2v) is 3.94. The first-order valence-corrected chi connectivity index (χ1v) is 4.47. The maximum atomic E-state index is 11.1. The number of aliphatic hydroxyl groups is 1. The summed E-state index contributed by atoms with van der Waals surface area (Å²) in [6, 6.07) is 0. The molecule has 2 N–H and O–H groups in total. The first-order valence-electron chi connectivity index (χ1n) is 4.47. The van der Waals surface area contributed by atoms with Crippen molar-refractivity contribution < 1.29 is 14.6 Å². The van der Waals surface area contributed by atoms with Gasteiger partial charge in [-0.05, 0) is 34.1 Å². The molecule has 13 heavy (non-hydrogen) atoms. The fourth-order valence-corrected chi connectivity index (χ4v) is 0.862. The van der Waals surface area contributed by atoms with Crippen molar-refractivity contribution in [2.75, 3.05) is 6.61 Å². The van der Waals surface area contributed by atoms with Crippen molar-refractivity contribution in [3.63, 3.8) is 0 Å². The Labute approximate surface area is 79.3 Å². The van der Waals surface area contributed by atoms with Crippen molar-refractivity contribution in [1.82, 2.24) is 5.32 Å². The zero-order valence-corrected chi connectivity index (χ0v) is 8.76. The van der Waals surface area contributed by atoms with Gasteiger partial charge in [0.1, 0.15) is 0 Å². The summed E-state index contributed by atoms with van der Waals surface area (Å²) in [6.07, 6.45) is -0.0430. The second kappa shape index (κ2) is 5.07. The molecule has 0 aromatic rings. The Balaban J connectivity index is 3.89. The SMILES string of the molecule is CC(C)OC(=O)NC(C)(C)CCO. The molecule has 0 atom stereocenters. The number of ether oxygens (including phenoxy) is 1. The van der Waals surface area contributed by atoms with Crippen molar-refractivity contribution in [2.24, 2.45) is 0 Å². The van der Waals surface area contributed by atoms with Gasteiger partial charge in [-0.15, -0.1) is 0 Å². The number of hydrogen-bond acceptors (Lipinski definition) is 3. The van der Waals surface area contributed by atoms with Gasteiger partial charge in [0.2, 0.25) is 0 Å². The van der Waals surface area contributed by atoms with Crippen LogP contribution in [0.5, 0.6) is 0 Å². The van der Waals surface area contributed by atoms with Gasteiger partial charge in [-0.2, -0.15) is 0 Å². The minimum Gasteiger partial charge on any atom is -0.447 e. The van der Waals surface area contributed by atoms with Crippen molar-refractivity contribution in [1.29, 1.82) is 0 Å². The summed E-state index contributed by atoms with van der Waals surface area (Å²) in [5, 5.41) is 11.4. The lowest BCUT2D eigenvalue weighted by molar-refractivity contribution is 0.104. The van der Waals surface area contributed by atoms with E-state index in [4.69, 9.17) is 9.84 Å². The van der Waals surface area contributed by atoms with Crippen LogP contribution in [-0.4, -0.2) is 29.4 Å². The van der Waals surface area contributed by atoms with Gasteiger partial charge in [-0.25, -0.2) is 4.79 Å². The maximum absolute atomic E-state index is 11.1. The lowest BCUT2D eigenvalue weighted by atomic mass is 10.0. The van der Waals surface area contributed by atoms with E-state index in [1.807, 2.05) is 13.8 Å². The van der Waals surface area contributed by atoms with Gasteiger partial charge in [-0.1, -0.05) is 0 Å². The molecule has 0 aromatic heterocycles. The molecule has 0 heterocycles. The first kappa shape index (κ1) is 12.2. The van der Waals surface area contributed by atoms with Gasteiger partial charge in [-0.3, -0.25) is 0 Å². The van der Waals surface area contributed by atoms with E-state index in [-0.39, 0.29) is 12.7 Å². The highest BCUT2D eigenvalue weighted by atomic mass is 16.6. The number of carbonyl (C=O) groups excluding carboxylic acids is 1. The van der Waals surface area contributed by atoms with Crippen LogP contribution in [0.15, 0.2) is 0 Å².